The Kier molecular flexibility index (Phi) is 5.27. The first-order valence-corrected chi connectivity index (χ1v) is 12.8. The van der Waals surface area contributed by atoms with Gasteiger partial charge in [0.1, 0.15) is 11.9 Å². The number of nitrogens with zero attached hydrogens (tertiary/aromatic N) is 1. The number of likely N-dealkylation sites (tertiary alicyclic amines) is 1. The van der Waals surface area contributed by atoms with Crippen molar-refractivity contribution < 1.29 is 13.2 Å². The smallest absolute Gasteiger partial charge is 0.175 e. The Balaban J connectivity index is 1.46. The van der Waals surface area contributed by atoms with E-state index in [1.807, 2.05) is 6.07 Å². The molecule has 3 aliphatic rings. The minimum atomic E-state index is -3.24. The Morgan fingerprint density at radius 1 is 1.07 bits per heavy atom. The van der Waals surface area contributed by atoms with Gasteiger partial charge in [0.25, 0.3) is 0 Å². The van der Waals surface area contributed by atoms with Crippen LogP contribution in [-0.2, 0) is 16.3 Å². The summed E-state index contributed by atoms with van der Waals surface area (Å²) in [6.45, 7) is 4.25. The van der Waals surface area contributed by atoms with Crippen molar-refractivity contribution in [2.45, 2.75) is 23.5 Å². The van der Waals surface area contributed by atoms with E-state index in [4.69, 9.17) is 27.9 Å². The third-order valence-electron chi connectivity index (χ3n) is 6.67. The van der Waals surface area contributed by atoms with Gasteiger partial charge >= 0.3 is 0 Å². The first-order chi connectivity index (χ1) is 14.3. The van der Waals surface area contributed by atoms with Crippen LogP contribution in [-0.4, -0.2) is 51.8 Å². The zero-order valence-electron chi connectivity index (χ0n) is 16.6. The predicted molar refractivity (Wildman–Crippen MR) is 118 cm³/mol. The zero-order valence-corrected chi connectivity index (χ0v) is 19.0. The molecule has 0 unspecified atom stereocenters. The molecule has 0 spiro atoms. The Morgan fingerprint density at radius 2 is 1.73 bits per heavy atom. The highest BCUT2D eigenvalue weighted by molar-refractivity contribution is 7.90. The summed E-state index contributed by atoms with van der Waals surface area (Å²) in [5, 5.41) is 4.77. The minimum absolute atomic E-state index is 0.177. The molecular formula is C22H24Cl2N2O3S. The molecule has 4 atom stereocenters. The molecule has 0 aromatic heterocycles. The molecule has 1 N–H and O–H groups in total. The Bertz CT molecular complexity index is 1060. The molecule has 0 saturated carbocycles. The first kappa shape index (κ1) is 20.6. The number of fused-ring (bicyclic) bond motifs is 2. The molecule has 2 aliphatic heterocycles. The van der Waals surface area contributed by atoms with Gasteiger partial charge in [0, 0.05) is 35.0 Å². The van der Waals surface area contributed by atoms with Gasteiger partial charge in [0.15, 0.2) is 9.84 Å². The highest BCUT2D eigenvalue weighted by Gasteiger charge is 2.45. The number of nitrogens with one attached hydrogen (secondary N) is 1. The van der Waals surface area contributed by atoms with Gasteiger partial charge < -0.3 is 10.1 Å². The Labute approximate surface area is 187 Å². The second-order valence-electron chi connectivity index (χ2n) is 8.64. The first-order valence-electron chi connectivity index (χ1n) is 10.2. The SMILES string of the molecule is CS(=O)(=O)c1ccc(O[C@H]2c3cc(Cl)cc(Cl)c3C[C@@H]2N2C[C@@H]3CNC[C@H]3C2)cc1. The number of rotatable bonds is 4. The largest absolute Gasteiger partial charge is 0.484 e. The number of hydrogen-bond donors (Lipinski definition) is 1. The molecule has 0 amide bonds. The molecule has 2 saturated heterocycles. The van der Waals surface area contributed by atoms with Gasteiger partial charge in [-0.25, -0.2) is 8.42 Å². The van der Waals surface area contributed by atoms with E-state index >= 15 is 0 Å². The number of benzene rings is 2. The van der Waals surface area contributed by atoms with Crippen LogP contribution in [0.4, 0.5) is 0 Å². The number of sulfone groups is 1. The summed E-state index contributed by atoms with van der Waals surface area (Å²) in [6.07, 6.45) is 1.83. The predicted octanol–water partition coefficient (Wildman–Crippen LogP) is 3.59. The molecule has 2 aromatic rings. The van der Waals surface area contributed by atoms with E-state index in [-0.39, 0.29) is 17.0 Å². The van der Waals surface area contributed by atoms with Crippen molar-refractivity contribution in [2.75, 3.05) is 32.4 Å². The van der Waals surface area contributed by atoms with Crippen molar-refractivity contribution in [3.8, 4) is 5.75 Å². The maximum Gasteiger partial charge on any atom is 0.175 e. The summed E-state index contributed by atoms with van der Waals surface area (Å²) in [6, 6.07) is 10.6. The lowest BCUT2D eigenvalue weighted by Crippen LogP contribution is -2.40. The normalized spacial score (nSPS) is 28.5. The van der Waals surface area contributed by atoms with Crippen LogP contribution in [0.3, 0.4) is 0 Å². The summed E-state index contributed by atoms with van der Waals surface area (Å²) < 4.78 is 30.0. The van der Waals surface area contributed by atoms with Crippen molar-refractivity contribution in [2.24, 2.45) is 11.8 Å². The number of halogens is 2. The van der Waals surface area contributed by atoms with E-state index in [0.717, 1.165) is 43.7 Å². The van der Waals surface area contributed by atoms with Crippen LogP contribution in [0.1, 0.15) is 17.2 Å². The van der Waals surface area contributed by atoms with Crippen molar-refractivity contribution >= 4 is 33.0 Å². The highest BCUT2D eigenvalue weighted by atomic mass is 35.5. The van der Waals surface area contributed by atoms with Crippen molar-refractivity contribution in [3.05, 3.63) is 57.6 Å². The van der Waals surface area contributed by atoms with Gasteiger partial charge in [-0.1, -0.05) is 23.2 Å². The lowest BCUT2D eigenvalue weighted by Gasteiger charge is -2.31. The summed E-state index contributed by atoms with van der Waals surface area (Å²) in [7, 11) is -3.24. The summed E-state index contributed by atoms with van der Waals surface area (Å²) in [5.41, 5.74) is 2.12. The standard InChI is InChI=1S/C22H24Cl2N2O3S/c1-30(27,28)17-4-2-16(3-5-17)29-22-19-6-15(23)7-20(24)18(19)8-21(22)26-11-13-9-25-10-14(13)12-26/h2-7,13-14,21-22,25H,8-12H2,1H3/t13-,14-,21-,22-/m0/s1. The molecule has 0 radical (unpaired) electrons. The molecule has 2 aromatic carbocycles. The topological polar surface area (TPSA) is 58.6 Å². The lowest BCUT2D eigenvalue weighted by molar-refractivity contribution is 0.0890. The van der Waals surface area contributed by atoms with Crippen LogP contribution in [0.2, 0.25) is 10.0 Å². The van der Waals surface area contributed by atoms with Gasteiger partial charge in [-0.3, -0.25) is 4.90 Å². The summed E-state index contributed by atoms with van der Waals surface area (Å²) in [5.74, 6) is 2.01. The van der Waals surface area contributed by atoms with Crippen LogP contribution in [0.5, 0.6) is 5.75 Å². The quantitative estimate of drug-likeness (QED) is 0.745. The average molecular weight is 467 g/mol. The minimum Gasteiger partial charge on any atom is -0.484 e. The average Bonchev–Trinajstić information content (AvgIpc) is 3.35. The third kappa shape index (κ3) is 3.73. The molecule has 160 valence electrons. The molecular weight excluding hydrogens is 443 g/mol. The van der Waals surface area contributed by atoms with E-state index in [0.29, 0.717) is 27.6 Å². The van der Waals surface area contributed by atoms with Gasteiger partial charge in [0.05, 0.1) is 10.9 Å². The van der Waals surface area contributed by atoms with Gasteiger partial charge in [-0.2, -0.15) is 0 Å². The molecule has 30 heavy (non-hydrogen) atoms. The van der Waals surface area contributed by atoms with E-state index in [1.165, 1.54) is 6.26 Å². The van der Waals surface area contributed by atoms with Gasteiger partial charge in [0.2, 0.25) is 0 Å². The second-order valence-corrected chi connectivity index (χ2v) is 11.5. The molecule has 0 bridgehead atoms. The van der Waals surface area contributed by atoms with Gasteiger partial charge in [-0.15, -0.1) is 0 Å². The molecule has 5 rings (SSSR count). The van der Waals surface area contributed by atoms with Crippen LogP contribution in [0, 0.1) is 11.8 Å². The Morgan fingerprint density at radius 3 is 2.37 bits per heavy atom. The molecule has 5 nitrogen and oxygen atoms in total. The van der Waals surface area contributed by atoms with E-state index in [1.54, 1.807) is 30.3 Å². The van der Waals surface area contributed by atoms with E-state index < -0.39 is 9.84 Å². The fourth-order valence-electron chi connectivity index (χ4n) is 5.15. The van der Waals surface area contributed by atoms with Crippen molar-refractivity contribution in [1.82, 2.24) is 10.2 Å². The van der Waals surface area contributed by atoms with Crippen molar-refractivity contribution in [3.63, 3.8) is 0 Å². The second kappa shape index (κ2) is 7.68. The fraction of sp³-hybridized carbons (Fsp3) is 0.455. The van der Waals surface area contributed by atoms with Crippen LogP contribution < -0.4 is 10.1 Å². The molecule has 2 heterocycles. The van der Waals surface area contributed by atoms with Crippen LogP contribution >= 0.6 is 23.2 Å². The number of hydrogen-bond acceptors (Lipinski definition) is 5. The van der Waals surface area contributed by atoms with Crippen LogP contribution in [0.15, 0.2) is 41.3 Å². The van der Waals surface area contributed by atoms with E-state index in [9.17, 15) is 8.42 Å². The lowest BCUT2D eigenvalue weighted by atomic mass is 10.0. The molecule has 8 heteroatoms. The van der Waals surface area contributed by atoms with Crippen LogP contribution in [0.25, 0.3) is 0 Å². The fourth-order valence-corrected chi connectivity index (χ4v) is 6.37. The third-order valence-corrected chi connectivity index (χ3v) is 8.35. The summed E-state index contributed by atoms with van der Waals surface area (Å²) >= 11 is 12.9. The Hall–Kier alpha value is -1.31. The highest BCUT2D eigenvalue weighted by Crippen LogP contribution is 2.44. The molecule has 1 aliphatic carbocycles. The summed E-state index contributed by atoms with van der Waals surface area (Å²) in [4.78, 5) is 2.82. The van der Waals surface area contributed by atoms with Gasteiger partial charge in [-0.05, 0) is 73.3 Å². The monoisotopic (exact) mass is 466 g/mol. The number of ether oxygens (including phenoxy) is 1. The van der Waals surface area contributed by atoms with Crippen molar-refractivity contribution in [1.29, 1.82) is 0 Å². The maximum absolute atomic E-state index is 11.8. The zero-order chi connectivity index (χ0) is 21.0. The van der Waals surface area contributed by atoms with E-state index in [2.05, 4.69) is 10.2 Å². The molecule has 2 fully saturated rings. The maximum atomic E-state index is 11.8.